The lowest BCUT2D eigenvalue weighted by Crippen LogP contribution is -2.06. The highest BCUT2D eigenvalue weighted by atomic mass is 14.1. The third-order valence-corrected chi connectivity index (χ3v) is 3.75. The van der Waals surface area contributed by atoms with E-state index in [9.17, 15) is 0 Å². The fourth-order valence-electron chi connectivity index (χ4n) is 1.71. The molecular weight excluding hydrogens is 180 g/mol. The van der Waals surface area contributed by atoms with Gasteiger partial charge in [0, 0.05) is 0 Å². The minimum absolute atomic E-state index is 0.761. The zero-order valence-corrected chi connectivity index (χ0v) is 11.4. The second kappa shape index (κ2) is 9.00. The van der Waals surface area contributed by atoms with Crippen LogP contribution in [-0.2, 0) is 0 Å². The van der Waals surface area contributed by atoms with Gasteiger partial charge in [0.15, 0.2) is 0 Å². The summed E-state index contributed by atoms with van der Waals surface area (Å²) < 4.78 is 0. The quantitative estimate of drug-likeness (QED) is 0.369. The third-order valence-electron chi connectivity index (χ3n) is 3.75. The van der Waals surface area contributed by atoms with E-state index in [1.54, 1.807) is 0 Å². The largest absolute Gasteiger partial charge is 0.0883 e. The second-order valence-corrected chi connectivity index (χ2v) is 5.11. The fourth-order valence-corrected chi connectivity index (χ4v) is 1.71. The first-order valence-electron chi connectivity index (χ1n) is 6.78. The zero-order valence-electron chi connectivity index (χ0n) is 11.4. The molecule has 0 aromatic carbocycles. The molecule has 0 heteroatoms. The van der Waals surface area contributed by atoms with Crippen molar-refractivity contribution in [1.82, 2.24) is 0 Å². The van der Waals surface area contributed by atoms with Crippen molar-refractivity contribution in [3.8, 4) is 0 Å². The van der Waals surface area contributed by atoms with E-state index in [0.29, 0.717) is 0 Å². The van der Waals surface area contributed by atoms with Gasteiger partial charge < -0.3 is 0 Å². The summed E-state index contributed by atoms with van der Waals surface area (Å²) in [5.41, 5.74) is 0. The molecule has 0 radical (unpaired) electrons. The SMILES string of the molecule is CCC(C)C=CCCCC(C)C(C)CC. The highest BCUT2D eigenvalue weighted by Gasteiger charge is 2.08. The fraction of sp³-hybridized carbons (Fsp3) is 0.867. The molecule has 0 aliphatic carbocycles. The highest BCUT2D eigenvalue weighted by molar-refractivity contribution is 4.85. The Bertz CT molecular complexity index is 157. The molecule has 3 unspecified atom stereocenters. The first-order valence-corrected chi connectivity index (χ1v) is 6.78. The topological polar surface area (TPSA) is 0 Å². The minimum atomic E-state index is 0.761. The highest BCUT2D eigenvalue weighted by Crippen LogP contribution is 2.20. The maximum atomic E-state index is 2.40. The van der Waals surface area contributed by atoms with Crippen molar-refractivity contribution >= 4 is 0 Å². The maximum Gasteiger partial charge on any atom is -0.0265 e. The number of allylic oxidation sites excluding steroid dienone is 2. The molecule has 0 aliphatic rings. The van der Waals surface area contributed by atoms with E-state index in [2.05, 4.69) is 46.8 Å². The number of hydrogen-bond donors (Lipinski definition) is 0. The van der Waals surface area contributed by atoms with Crippen LogP contribution in [0.15, 0.2) is 12.2 Å². The van der Waals surface area contributed by atoms with Crippen LogP contribution in [0.4, 0.5) is 0 Å². The van der Waals surface area contributed by atoms with Crippen LogP contribution in [0.2, 0.25) is 0 Å². The van der Waals surface area contributed by atoms with Gasteiger partial charge in [0.25, 0.3) is 0 Å². The molecule has 0 aliphatic heterocycles. The molecule has 3 atom stereocenters. The lowest BCUT2D eigenvalue weighted by molar-refractivity contribution is 0.348. The smallest absolute Gasteiger partial charge is 0.0265 e. The predicted molar refractivity (Wildman–Crippen MR) is 71.1 cm³/mol. The molecule has 0 aromatic heterocycles. The Kier molecular flexibility index (Phi) is 8.85. The van der Waals surface area contributed by atoms with Gasteiger partial charge in [-0.2, -0.15) is 0 Å². The normalized spacial score (nSPS) is 17.9. The Hall–Kier alpha value is -0.260. The van der Waals surface area contributed by atoms with E-state index in [-0.39, 0.29) is 0 Å². The van der Waals surface area contributed by atoms with Gasteiger partial charge in [0.05, 0.1) is 0 Å². The van der Waals surface area contributed by atoms with E-state index in [1.807, 2.05) is 0 Å². The lowest BCUT2D eigenvalue weighted by atomic mass is 9.89. The summed E-state index contributed by atoms with van der Waals surface area (Å²) in [7, 11) is 0. The molecule has 0 amide bonds. The van der Waals surface area contributed by atoms with Crippen molar-refractivity contribution < 1.29 is 0 Å². The van der Waals surface area contributed by atoms with E-state index in [4.69, 9.17) is 0 Å². The molecule has 0 N–H and O–H groups in total. The first kappa shape index (κ1) is 14.7. The molecule has 90 valence electrons. The Morgan fingerprint density at radius 3 is 2.13 bits per heavy atom. The van der Waals surface area contributed by atoms with Gasteiger partial charge in [-0.25, -0.2) is 0 Å². The molecule has 0 fully saturated rings. The van der Waals surface area contributed by atoms with Crippen molar-refractivity contribution in [3.63, 3.8) is 0 Å². The van der Waals surface area contributed by atoms with Crippen molar-refractivity contribution in [1.29, 1.82) is 0 Å². The Morgan fingerprint density at radius 1 is 0.933 bits per heavy atom. The molecule has 0 bridgehead atoms. The third kappa shape index (κ3) is 7.64. The molecule has 0 heterocycles. The number of hydrogen-bond acceptors (Lipinski definition) is 0. The van der Waals surface area contributed by atoms with Crippen LogP contribution >= 0.6 is 0 Å². The van der Waals surface area contributed by atoms with E-state index < -0.39 is 0 Å². The zero-order chi connectivity index (χ0) is 11.7. The number of rotatable bonds is 8. The summed E-state index contributed by atoms with van der Waals surface area (Å²) in [6, 6.07) is 0. The molecule has 0 spiro atoms. The van der Waals surface area contributed by atoms with Crippen LogP contribution in [0, 0.1) is 17.8 Å². The van der Waals surface area contributed by atoms with Crippen molar-refractivity contribution in [2.75, 3.05) is 0 Å². The Labute approximate surface area is 97.2 Å². The molecular formula is C15H30. The van der Waals surface area contributed by atoms with Crippen molar-refractivity contribution in [3.05, 3.63) is 12.2 Å². The Balaban J connectivity index is 3.49. The molecule has 15 heavy (non-hydrogen) atoms. The average molecular weight is 210 g/mol. The summed E-state index contributed by atoms with van der Waals surface area (Å²) in [4.78, 5) is 0. The summed E-state index contributed by atoms with van der Waals surface area (Å²) in [6.45, 7) is 11.6. The van der Waals surface area contributed by atoms with Gasteiger partial charge in [-0.05, 0) is 30.6 Å². The van der Waals surface area contributed by atoms with Gasteiger partial charge in [0.1, 0.15) is 0 Å². The minimum Gasteiger partial charge on any atom is -0.0883 e. The molecule has 0 saturated carbocycles. The maximum absolute atomic E-state index is 2.40. The first-order chi connectivity index (χ1) is 7.11. The van der Waals surface area contributed by atoms with Gasteiger partial charge in [-0.3, -0.25) is 0 Å². The van der Waals surface area contributed by atoms with Gasteiger partial charge in [-0.15, -0.1) is 0 Å². The second-order valence-electron chi connectivity index (χ2n) is 5.11. The number of unbranched alkanes of at least 4 members (excludes halogenated alkanes) is 1. The molecule has 0 saturated heterocycles. The van der Waals surface area contributed by atoms with Crippen molar-refractivity contribution in [2.45, 2.75) is 66.7 Å². The lowest BCUT2D eigenvalue weighted by Gasteiger charge is -2.17. The standard InChI is InChI=1S/C15H30/c1-6-13(3)11-9-8-10-12-15(5)14(4)7-2/h9,11,13-15H,6-8,10,12H2,1-5H3. The van der Waals surface area contributed by atoms with Gasteiger partial charge >= 0.3 is 0 Å². The molecule has 0 rings (SSSR count). The van der Waals surface area contributed by atoms with Crippen LogP contribution in [0.3, 0.4) is 0 Å². The van der Waals surface area contributed by atoms with E-state index in [0.717, 1.165) is 17.8 Å². The van der Waals surface area contributed by atoms with Crippen LogP contribution in [0.25, 0.3) is 0 Å². The van der Waals surface area contributed by atoms with Crippen LogP contribution in [0.1, 0.15) is 66.7 Å². The summed E-state index contributed by atoms with van der Waals surface area (Å²) in [5.74, 6) is 2.55. The van der Waals surface area contributed by atoms with Crippen LogP contribution < -0.4 is 0 Å². The van der Waals surface area contributed by atoms with E-state index in [1.165, 1.54) is 32.1 Å². The monoisotopic (exact) mass is 210 g/mol. The van der Waals surface area contributed by atoms with E-state index >= 15 is 0 Å². The van der Waals surface area contributed by atoms with Crippen LogP contribution in [-0.4, -0.2) is 0 Å². The summed E-state index contributed by atoms with van der Waals surface area (Å²) in [5, 5.41) is 0. The average Bonchev–Trinajstić information content (AvgIpc) is 2.26. The van der Waals surface area contributed by atoms with Crippen LogP contribution in [0.5, 0.6) is 0 Å². The van der Waals surface area contributed by atoms with Crippen molar-refractivity contribution in [2.24, 2.45) is 17.8 Å². The van der Waals surface area contributed by atoms with Gasteiger partial charge in [0.2, 0.25) is 0 Å². The Morgan fingerprint density at radius 2 is 1.60 bits per heavy atom. The molecule has 0 aromatic rings. The van der Waals surface area contributed by atoms with Gasteiger partial charge in [-0.1, -0.05) is 66.0 Å². The predicted octanol–water partition coefficient (Wildman–Crippen LogP) is 5.44. The molecule has 0 nitrogen and oxygen atoms in total. The summed E-state index contributed by atoms with van der Waals surface area (Å²) >= 11 is 0. The summed E-state index contributed by atoms with van der Waals surface area (Å²) in [6.07, 6.45) is 11.3.